The molecule has 1 amide bonds. The molecule has 0 radical (unpaired) electrons. The van der Waals surface area contributed by atoms with Crippen LogP contribution in [0.3, 0.4) is 0 Å². The van der Waals surface area contributed by atoms with Gasteiger partial charge < -0.3 is 5.32 Å². The second-order valence-corrected chi connectivity index (χ2v) is 4.95. The number of carbonyl (C=O) groups is 1. The van der Waals surface area contributed by atoms with Gasteiger partial charge in [-0.2, -0.15) is 5.26 Å². The van der Waals surface area contributed by atoms with Crippen molar-refractivity contribution in [3.8, 4) is 6.07 Å². The lowest BCUT2D eigenvalue weighted by Crippen LogP contribution is -2.27. The van der Waals surface area contributed by atoms with Crippen LogP contribution in [-0.4, -0.2) is 5.91 Å². The van der Waals surface area contributed by atoms with Crippen LogP contribution in [0.25, 0.3) is 0 Å². The van der Waals surface area contributed by atoms with Gasteiger partial charge in [0.15, 0.2) is 0 Å². The highest BCUT2D eigenvalue weighted by atomic mass is 16.1. The third-order valence-electron chi connectivity index (χ3n) is 3.71. The number of amides is 1. The zero-order valence-corrected chi connectivity index (χ0v) is 11.0. The average Bonchev–Trinajstić information content (AvgIpc) is 2.91. The number of rotatable bonds is 2. The highest BCUT2D eigenvalue weighted by molar-refractivity contribution is 5.94. The second kappa shape index (κ2) is 5.18. The van der Waals surface area contributed by atoms with Crippen LogP contribution in [0.4, 0.5) is 0 Å². The Hall–Kier alpha value is -2.60. The van der Waals surface area contributed by atoms with Crippen LogP contribution in [0.15, 0.2) is 48.5 Å². The van der Waals surface area contributed by atoms with Gasteiger partial charge in [-0.1, -0.05) is 24.3 Å². The van der Waals surface area contributed by atoms with Crippen LogP contribution in [-0.2, 0) is 6.42 Å². The van der Waals surface area contributed by atoms with E-state index in [1.54, 1.807) is 24.3 Å². The summed E-state index contributed by atoms with van der Waals surface area (Å²) in [7, 11) is 0. The van der Waals surface area contributed by atoms with Crippen molar-refractivity contribution in [1.82, 2.24) is 5.32 Å². The molecule has 0 saturated heterocycles. The van der Waals surface area contributed by atoms with Crippen molar-refractivity contribution in [2.45, 2.75) is 18.9 Å². The number of nitrogens with zero attached hydrogens (tertiary/aromatic N) is 1. The predicted molar refractivity (Wildman–Crippen MR) is 76.1 cm³/mol. The highest BCUT2D eigenvalue weighted by Gasteiger charge is 2.23. The molecule has 0 unspecified atom stereocenters. The van der Waals surface area contributed by atoms with E-state index in [-0.39, 0.29) is 11.9 Å². The van der Waals surface area contributed by atoms with E-state index in [2.05, 4.69) is 17.4 Å². The molecule has 1 aliphatic carbocycles. The fourth-order valence-corrected chi connectivity index (χ4v) is 2.64. The summed E-state index contributed by atoms with van der Waals surface area (Å²) < 4.78 is 0. The number of benzene rings is 2. The normalized spacial score (nSPS) is 16.2. The van der Waals surface area contributed by atoms with E-state index in [1.165, 1.54) is 11.1 Å². The minimum absolute atomic E-state index is 0.0869. The van der Waals surface area contributed by atoms with Gasteiger partial charge in [-0.05, 0) is 48.2 Å². The van der Waals surface area contributed by atoms with E-state index in [4.69, 9.17) is 5.26 Å². The van der Waals surface area contributed by atoms with Crippen molar-refractivity contribution in [3.05, 3.63) is 70.8 Å². The average molecular weight is 262 g/mol. The van der Waals surface area contributed by atoms with Gasteiger partial charge in [0.05, 0.1) is 17.7 Å². The van der Waals surface area contributed by atoms with Gasteiger partial charge in [0.25, 0.3) is 5.91 Å². The maximum atomic E-state index is 12.2. The first-order chi connectivity index (χ1) is 9.78. The summed E-state index contributed by atoms with van der Waals surface area (Å²) in [4.78, 5) is 12.2. The Kier molecular flexibility index (Phi) is 3.22. The summed E-state index contributed by atoms with van der Waals surface area (Å²) >= 11 is 0. The van der Waals surface area contributed by atoms with Crippen molar-refractivity contribution in [2.75, 3.05) is 0 Å². The number of fused-ring (bicyclic) bond motifs is 1. The Bertz CT molecular complexity index is 683. The van der Waals surface area contributed by atoms with Crippen molar-refractivity contribution >= 4 is 5.91 Å². The van der Waals surface area contributed by atoms with Gasteiger partial charge in [-0.3, -0.25) is 4.79 Å². The maximum Gasteiger partial charge on any atom is 0.251 e. The molecule has 0 aromatic heterocycles. The topological polar surface area (TPSA) is 52.9 Å². The first kappa shape index (κ1) is 12.4. The Balaban J connectivity index is 1.75. The first-order valence-corrected chi connectivity index (χ1v) is 6.67. The Morgan fingerprint density at radius 3 is 2.65 bits per heavy atom. The van der Waals surface area contributed by atoms with Crippen LogP contribution in [0.5, 0.6) is 0 Å². The molecule has 0 saturated carbocycles. The summed E-state index contributed by atoms with van der Waals surface area (Å²) in [5, 5.41) is 11.8. The van der Waals surface area contributed by atoms with Crippen molar-refractivity contribution in [3.63, 3.8) is 0 Å². The molecular formula is C17H14N2O. The van der Waals surface area contributed by atoms with Crippen molar-refractivity contribution in [2.24, 2.45) is 0 Å². The summed E-state index contributed by atoms with van der Waals surface area (Å²) in [5.41, 5.74) is 3.69. The molecule has 1 N–H and O–H groups in total. The first-order valence-electron chi connectivity index (χ1n) is 6.67. The second-order valence-electron chi connectivity index (χ2n) is 4.95. The zero-order valence-electron chi connectivity index (χ0n) is 11.0. The third kappa shape index (κ3) is 2.28. The van der Waals surface area contributed by atoms with Gasteiger partial charge in [-0.25, -0.2) is 0 Å². The third-order valence-corrected chi connectivity index (χ3v) is 3.71. The summed E-state index contributed by atoms with van der Waals surface area (Å²) in [6.45, 7) is 0. The molecule has 0 heterocycles. The molecule has 3 nitrogen and oxygen atoms in total. The molecule has 0 bridgehead atoms. The van der Waals surface area contributed by atoms with E-state index >= 15 is 0 Å². The fraction of sp³-hybridized carbons (Fsp3) is 0.176. The molecule has 1 atom stereocenters. The molecular weight excluding hydrogens is 248 g/mol. The zero-order chi connectivity index (χ0) is 13.9. The molecule has 0 fully saturated rings. The van der Waals surface area contributed by atoms with Crippen LogP contribution in [0, 0.1) is 11.3 Å². The van der Waals surface area contributed by atoms with E-state index in [1.807, 2.05) is 18.2 Å². The number of hydrogen-bond acceptors (Lipinski definition) is 2. The number of carbonyl (C=O) groups excluding carboxylic acids is 1. The van der Waals surface area contributed by atoms with Gasteiger partial charge in [-0.15, -0.1) is 0 Å². The van der Waals surface area contributed by atoms with Crippen molar-refractivity contribution < 1.29 is 4.79 Å². The minimum Gasteiger partial charge on any atom is -0.345 e. The van der Waals surface area contributed by atoms with Crippen LogP contribution < -0.4 is 5.32 Å². The van der Waals surface area contributed by atoms with Crippen molar-refractivity contribution in [1.29, 1.82) is 5.26 Å². The minimum atomic E-state index is -0.0869. The summed E-state index contributed by atoms with van der Waals surface area (Å²) in [5.74, 6) is -0.0869. The Morgan fingerprint density at radius 1 is 1.15 bits per heavy atom. The van der Waals surface area contributed by atoms with Gasteiger partial charge >= 0.3 is 0 Å². The molecule has 98 valence electrons. The lowest BCUT2D eigenvalue weighted by atomic mass is 10.1. The van der Waals surface area contributed by atoms with E-state index in [0.29, 0.717) is 11.1 Å². The van der Waals surface area contributed by atoms with E-state index in [9.17, 15) is 4.79 Å². The number of hydrogen-bond donors (Lipinski definition) is 1. The Morgan fingerprint density at radius 2 is 1.90 bits per heavy atom. The van der Waals surface area contributed by atoms with E-state index in [0.717, 1.165) is 12.8 Å². The quantitative estimate of drug-likeness (QED) is 0.904. The molecule has 0 spiro atoms. The summed E-state index contributed by atoms with van der Waals surface area (Å²) in [6, 6.07) is 17.1. The molecule has 20 heavy (non-hydrogen) atoms. The van der Waals surface area contributed by atoms with Crippen LogP contribution in [0.2, 0.25) is 0 Å². The smallest absolute Gasteiger partial charge is 0.251 e. The molecule has 2 aromatic rings. The number of nitrogens with one attached hydrogen (secondary N) is 1. The maximum absolute atomic E-state index is 12.2. The lowest BCUT2D eigenvalue weighted by molar-refractivity contribution is 0.0936. The fourth-order valence-electron chi connectivity index (χ4n) is 2.64. The molecule has 3 rings (SSSR count). The van der Waals surface area contributed by atoms with Gasteiger partial charge in [0.1, 0.15) is 0 Å². The van der Waals surface area contributed by atoms with E-state index < -0.39 is 0 Å². The highest BCUT2D eigenvalue weighted by Crippen LogP contribution is 2.30. The SMILES string of the molecule is N#Cc1ccc(C(=O)N[C@H]2CCc3ccccc32)cc1. The molecule has 2 aromatic carbocycles. The van der Waals surface area contributed by atoms with Crippen LogP contribution >= 0.6 is 0 Å². The lowest BCUT2D eigenvalue weighted by Gasteiger charge is -2.14. The largest absolute Gasteiger partial charge is 0.345 e. The van der Waals surface area contributed by atoms with Crippen LogP contribution in [0.1, 0.15) is 39.5 Å². The summed E-state index contributed by atoms with van der Waals surface area (Å²) in [6.07, 6.45) is 1.95. The monoisotopic (exact) mass is 262 g/mol. The van der Waals surface area contributed by atoms with Gasteiger partial charge in [0, 0.05) is 5.56 Å². The number of nitriles is 1. The molecule has 3 heteroatoms. The number of aryl methyl sites for hydroxylation is 1. The predicted octanol–water partition coefficient (Wildman–Crippen LogP) is 2.98. The molecule has 1 aliphatic rings. The Labute approximate surface area is 117 Å². The van der Waals surface area contributed by atoms with Gasteiger partial charge in [0.2, 0.25) is 0 Å². The standard InChI is InChI=1S/C17H14N2O/c18-11-12-5-7-14(8-6-12)17(20)19-16-10-9-13-3-1-2-4-15(13)16/h1-8,16H,9-10H2,(H,19,20)/t16-/m0/s1. The molecule has 0 aliphatic heterocycles.